The van der Waals surface area contributed by atoms with Gasteiger partial charge in [0.15, 0.2) is 0 Å². The molecule has 15 heavy (non-hydrogen) atoms. The summed E-state index contributed by atoms with van der Waals surface area (Å²) in [6.07, 6.45) is 3.38. The highest BCUT2D eigenvalue weighted by molar-refractivity contribution is 7.13. The Morgan fingerprint density at radius 2 is 2.47 bits per heavy atom. The molecule has 0 amide bonds. The van der Waals surface area contributed by atoms with Crippen molar-refractivity contribution < 1.29 is 0 Å². The third-order valence-corrected chi connectivity index (χ3v) is 2.79. The number of pyridine rings is 1. The summed E-state index contributed by atoms with van der Waals surface area (Å²) >= 11 is 1.46. The third kappa shape index (κ3) is 2.07. The van der Waals surface area contributed by atoms with E-state index in [0.29, 0.717) is 5.56 Å². The smallest absolute Gasteiger partial charge is 0.256 e. The van der Waals surface area contributed by atoms with Crippen LogP contribution in [0.3, 0.4) is 0 Å². The normalized spacial score (nSPS) is 10.2. The summed E-state index contributed by atoms with van der Waals surface area (Å²) in [7, 11) is 0. The van der Waals surface area contributed by atoms with Crippen molar-refractivity contribution in [3.8, 4) is 10.4 Å². The van der Waals surface area contributed by atoms with E-state index < -0.39 is 0 Å². The highest BCUT2D eigenvalue weighted by Crippen LogP contribution is 2.21. The molecule has 0 aliphatic carbocycles. The molecular formula is C10H11N3OS. The van der Waals surface area contributed by atoms with Crippen molar-refractivity contribution in [2.24, 2.45) is 0 Å². The first-order valence-corrected chi connectivity index (χ1v) is 5.54. The van der Waals surface area contributed by atoms with Crippen LogP contribution in [0.4, 0.5) is 5.69 Å². The number of nitrogens with one attached hydrogen (secondary N) is 2. The molecule has 0 saturated carbocycles. The minimum Gasteiger partial charge on any atom is -0.384 e. The van der Waals surface area contributed by atoms with E-state index in [2.05, 4.69) is 15.3 Å². The van der Waals surface area contributed by atoms with E-state index in [4.69, 9.17) is 0 Å². The van der Waals surface area contributed by atoms with Crippen LogP contribution in [0.5, 0.6) is 0 Å². The second-order valence-corrected chi connectivity index (χ2v) is 3.91. The molecule has 0 saturated heterocycles. The first-order chi connectivity index (χ1) is 7.31. The van der Waals surface area contributed by atoms with Crippen LogP contribution in [0.15, 0.2) is 28.8 Å². The van der Waals surface area contributed by atoms with Crippen LogP contribution in [0.1, 0.15) is 6.92 Å². The lowest BCUT2D eigenvalue weighted by molar-refractivity contribution is 1.17. The highest BCUT2D eigenvalue weighted by Gasteiger charge is 2.05. The van der Waals surface area contributed by atoms with E-state index in [9.17, 15) is 4.79 Å². The molecule has 2 aromatic heterocycles. The lowest BCUT2D eigenvalue weighted by Crippen LogP contribution is -2.09. The first-order valence-electron chi connectivity index (χ1n) is 4.66. The number of aromatic amines is 1. The lowest BCUT2D eigenvalue weighted by Gasteiger charge is -2.03. The van der Waals surface area contributed by atoms with Crippen LogP contribution >= 0.6 is 11.3 Å². The van der Waals surface area contributed by atoms with Gasteiger partial charge in [0.25, 0.3) is 5.56 Å². The molecule has 0 radical (unpaired) electrons. The van der Waals surface area contributed by atoms with Crippen molar-refractivity contribution in [2.45, 2.75) is 6.92 Å². The molecule has 5 heteroatoms. The molecule has 0 unspecified atom stereocenters. The Labute approximate surface area is 91.0 Å². The topological polar surface area (TPSA) is 57.8 Å². The minimum atomic E-state index is -0.0825. The maximum absolute atomic E-state index is 11.6. The van der Waals surface area contributed by atoms with E-state index >= 15 is 0 Å². The molecule has 0 atom stereocenters. The fourth-order valence-electron chi connectivity index (χ4n) is 1.32. The van der Waals surface area contributed by atoms with Gasteiger partial charge < -0.3 is 10.3 Å². The van der Waals surface area contributed by atoms with E-state index in [1.54, 1.807) is 17.9 Å². The molecule has 0 bridgehead atoms. The predicted molar refractivity (Wildman–Crippen MR) is 62.3 cm³/mol. The predicted octanol–water partition coefficient (Wildman–Crippen LogP) is 1.93. The van der Waals surface area contributed by atoms with E-state index in [-0.39, 0.29) is 5.56 Å². The number of thiazole rings is 1. The molecule has 0 fully saturated rings. The van der Waals surface area contributed by atoms with Gasteiger partial charge in [-0.2, -0.15) is 0 Å². The molecule has 2 heterocycles. The Morgan fingerprint density at radius 1 is 1.60 bits per heavy atom. The Balaban J connectivity index is 2.46. The molecule has 2 N–H and O–H groups in total. The van der Waals surface area contributed by atoms with E-state index in [0.717, 1.165) is 17.1 Å². The number of rotatable bonds is 3. The quantitative estimate of drug-likeness (QED) is 0.832. The summed E-state index contributed by atoms with van der Waals surface area (Å²) in [5.41, 5.74) is 3.21. The van der Waals surface area contributed by atoms with Gasteiger partial charge in [0, 0.05) is 18.9 Å². The standard InChI is InChI=1S/C10H11N3OS/c1-2-12-7-3-8(10(14)13-4-7)9-5-11-6-15-9/h3-6,12H,2H2,1H3,(H,13,14). The molecule has 78 valence electrons. The van der Waals surface area contributed by atoms with Gasteiger partial charge in [-0.25, -0.2) is 0 Å². The molecule has 0 spiro atoms. The largest absolute Gasteiger partial charge is 0.384 e. The average Bonchev–Trinajstić information content (AvgIpc) is 2.74. The molecular weight excluding hydrogens is 210 g/mol. The van der Waals surface area contributed by atoms with Crippen molar-refractivity contribution >= 4 is 17.0 Å². The molecule has 0 aliphatic rings. The summed E-state index contributed by atoms with van der Waals surface area (Å²) in [5.74, 6) is 0. The number of anilines is 1. The number of hydrogen-bond donors (Lipinski definition) is 2. The Morgan fingerprint density at radius 3 is 3.13 bits per heavy atom. The maximum Gasteiger partial charge on any atom is 0.256 e. The van der Waals surface area contributed by atoms with Gasteiger partial charge in [-0.05, 0) is 13.0 Å². The molecule has 2 aromatic rings. The summed E-state index contributed by atoms with van der Waals surface area (Å²) in [5, 5.41) is 3.15. The van der Waals surface area contributed by atoms with Crippen LogP contribution in [0, 0.1) is 0 Å². The van der Waals surface area contributed by atoms with Crippen LogP contribution in [-0.2, 0) is 0 Å². The van der Waals surface area contributed by atoms with Crippen LogP contribution in [0.25, 0.3) is 10.4 Å². The Kier molecular flexibility index (Phi) is 2.82. The maximum atomic E-state index is 11.6. The third-order valence-electron chi connectivity index (χ3n) is 1.98. The van der Waals surface area contributed by atoms with Crippen LogP contribution < -0.4 is 10.9 Å². The highest BCUT2D eigenvalue weighted by atomic mass is 32.1. The van der Waals surface area contributed by atoms with E-state index in [1.807, 2.05) is 13.0 Å². The van der Waals surface area contributed by atoms with Crippen molar-refractivity contribution in [3.63, 3.8) is 0 Å². The molecule has 4 nitrogen and oxygen atoms in total. The minimum absolute atomic E-state index is 0.0825. The van der Waals surface area contributed by atoms with Crippen LogP contribution in [0.2, 0.25) is 0 Å². The van der Waals surface area contributed by atoms with E-state index in [1.165, 1.54) is 11.3 Å². The van der Waals surface area contributed by atoms with Crippen molar-refractivity contribution in [3.05, 3.63) is 34.3 Å². The first kappa shape index (κ1) is 9.92. The van der Waals surface area contributed by atoms with Gasteiger partial charge >= 0.3 is 0 Å². The number of H-pyrrole nitrogens is 1. The Hall–Kier alpha value is -1.62. The fraction of sp³-hybridized carbons (Fsp3) is 0.200. The second kappa shape index (κ2) is 4.27. The van der Waals surface area contributed by atoms with Crippen molar-refractivity contribution in [2.75, 3.05) is 11.9 Å². The van der Waals surface area contributed by atoms with Crippen molar-refractivity contribution in [1.82, 2.24) is 9.97 Å². The number of nitrogens with zero attached hydrogens (tertiary/aromatic N) is 1. The zero-order chi connectivity index (χ0) is 10.7. The van der Waals surface area contributed by atoms with Gasteiger partial charge in [0.05, 0.1) is 21.6 Å². The number of aromatic nitrogens is 2. The van der Waals surface area contributed by atoms with Gasteiger partial charge in [0.1, 0.15) is 0 Å². The van der Waals surface area contributed by atoms with Gasteiger partial charge in [-0.1, -0.05) is 0 Å². The van der Waals surface area contributed by atoms with Crippen molar-refractivity contribution in [1.29, 1.82) is 0 Å². The number of hydrogen-bond acceptors (Lipinski definition) is 4. The monoisotopic (exact) mass is 221 g/mol. The average molecular weight is 221 g/mol. The van der Waals surface area contributed by atoms with Gasteiger partial charge in [-0.3, -0.25) is 9.78 Å². The molecule has 2 rings (SSSR count). The fourth-order valence-corrected chi connectivity index (χ4v) is 1.96. The molecule has 0 aliphatic heterocycles. The van der Waals surface area contributed by atoms with Gasteiger partial charge in [-0.15, -0.1) is 11.3 Å². The molecule has 0 aromatic carbocycles. The second-order valence-electron chi connectivity index (χ2n) is 3.03. The Bertz CT molecular complexity index is 490. The zero-order valence-electron chi connectivity index (χ0n) is 8.28. The summed E-state index contributed by atoms with van der Waals surface area (Å²) in [4.78, 5) is 19.1. The summed E-state index contributed by atoms with van der Waals surface area (Å²) in [6.45, 7) is 2.84. The summed E-state index contributed by atoms with van der Waals surface area (Å²) < 4.78 is 0. The van der Waals surface area contributed by atoms with Gasteiger partial charge in [0.2, 0.25) is 0 Å². The lowest BCUT2D eigenvalue weighted by atomic mass is 10.2. The summed E-state index contributed by atoms with van der Waals surface area (Å²) in [6, 6.07) is 1.84. The SMILES string of the molecule is CCNc1c[nH]c(=O)c(-c2cncs2)c1. The zero-order valence-corrected chi connectivity index (χ0v) is 9.10. The van der Waals surface area contributed by atoms with Crippen LogP contribution in [-0.4, -0.2) is 16.5 Å².